The average Bonchev–Trinajstić information content (AvgIpc) is 2.57. The van der Waals surface area contributed by atoms with Gasteiger partial charge in [-0.25, -0.2) is 0 Å². The Labute approximate surface area is 115 Å². The Morgan fingerprint density at radius 2 is 1.89 bits per heavy atom. The first-order chi connectivity index (χ1) is 8.68. The summed E-state index contributed by atoms with van der Waals surface area (Å²) in [4.78, 5) is 2.45. The van der Waals surface area contributed by atoms with Crippen molar-refractivity contribution in [3.8, 4) is 0 Å². The number of nitrogens with two attached hydrogens (primary N) is 1. The van der Waals surface area contributed by atoms with Gasteiger partial charge in [0.1, 0.15) is 0 Å². The molecule has 1 aliphatic heterocycles. The van der Waals surface area contributed by atoms with Gasteiger partial charge >= 0.3 is 0 Å². The fourth-order valence-electron chi connectivity index (χ4n) is 2.72. The molecule has 3 heteroatoms. The first kappa shape index (κ1) is 13.7. The fourth-order valence-corrected chi connectivity index (χ4v) is 3.03. The first-order valence-corrected chi connectivity index (χ1v) is 7.34. The third-order valence-corrected chi connectivity index (χ3v) is 3.84. The second kappa shape index (κ2) is 6.44. The van der Waals surface area contributed by atoms with Crippen LogP contribution in [0.25, 0.3) is 0 Å². The molecule has 1 aliphatic rings. The van der Waals surface area contributed by atoms with Gasteiger partial charge in [-0.1, -0.05) is 36.6 Å². The minimum Gasteiger partial charge on any atom is -0.370 e. The molecule has 2 nitrogen and oxygen atoms in total. The quantitative estimate of drug-likeness (QED) is 0.906. The number of anilines is 1. The van der Waals surface area contributed by atoms with E-state index in [4.69, 9.17) is 17.3 Å². The predicted molar refractivity (Wildman–Crippen MR) is 79.5 cm³/mol. The molecule has 2 rings (SSSR count). The number of nitrogens with zero attached hydrogens (tertiary/aromatic N) is 1. The van der Waals surface area contributed by atoms with E-state index in [1.54, 1.807) is 0 Å². The summed E-state index contributed by atoms with van der Waals surface area (Å²) in [7, 11) is 0. The minimum atomic E-state index is 0.175. The van der Waals surface area contributed by atoms with Crippen LogP contribution in [0.1, 0.15) is 38.2 Å². The SMILES string of the molecule is CC(N)Cc1cccc(Cl)c1N1CCCCCC1. The molecular weight excluding hydrogens is 244 g/mol. The van der Waals surface area contributed by atoms with E-state index in [2.05, 4.69) is 11.0 Å². The molecule has 1 unspecified atom stereocenters. The lowest BCUT2D eigenvalue weighted by molar-refractivity contribution is 0.726. The van der Waals surface area contributed by atoms with E-state index in [1.807, 2.05) is 19.1 Å². The maximum atomic E-state index is 6.42. The molecule has 18 heavy (non-hydrogen) atoms. The van der Waals surface area contributed by atoms with Crippen molar-refractivity contribution < 1.29 is 0 Å². The minimum absolute atomic E-state index is 0.175. The van der Waals surface area contributed by atoms with E-state index in [-0.39, 0.29) is 6.04 Å². The van der Waals surface area contributed by atoms with Crippen molar-refractivity contribution in [2.45, 2.75) is 45.1 Å². The fraction of sp³-hybridized carbons (Fsp3) is 0.600. The van der Waals surface area contributed by atoms with Gasteiger partial charge in [0.25, 0.3) is 0 Å². The summed E-state index contributed by atoms with van der Waals surface area (Å²) in [6, 6.07) is 6.36. The van der Waals surface area contributed by atoms with Gasteiger partial charge in [-0.15, -0.1) is 0 Å². The highest BCUT2D eigenvalue weighted by atomic mass is 35.5. The van der Waals surface area contributed by atoms with Gasteiger partial charge in [0.05, 0.1) is 10.7 Å². The number of hydrogen-bond donors (Lipinski definition) is 1. The molecule has 0 radical (unpaired) electrons. The summed E-state index contributed by atoms with van der Waals surface area (Å²) >= 11 is 6.42. The molecule has 0 aliphatic carbocycles. The zero-order valence-corrected chi connectivity index (χ0v) is 11.9. The van der Waals surface area contributed by atoms with E-state index < -0.39 is 0 Å². The van der Waals surface area contributed by atoms with Crippen molar-refractivity contribution in [3.63, 3.8) is 0 Å². The van der Waals surface area contributed by atoms with E-state index in [1.165, 1.54) is 36.9 Å². The van der Waals surface area contributed by atoms with Crippen molar-refractivity contribution in [2.24, 2.45) is 5.73 Å². The normalized spacial score (nSPS) is 18.5. The molecule has 0 saturated carbocycles. The second-order valence-electron chi connectivity index (χ2n) is 5.33. The molecule has 1 aromatic carbocycles. The standard InChI is InChI=1S/C15H23ClN2/c1-12(17)11-13-7-6-8-14(16)15(13)18-9-4-2-3-5-10-18/h6-8,12H,2-5,9-11,17H2,1H3. The van der Waals surface area contributed by atoms with E-state index in [9.17, 15) is 0 Å². The van der Waals surface area contributed by atoms with E-state index in [0.29, 0.717) is 0 Å². The van der Waals surface area contributed by atoms with Crippen LogP contribution in [0.2, 0.25) is 5.02 Å². The monoisotopic (exact) mass is 266 g/mol. The molecule has 0 spiro atoms. The van der Waals surface area contributed by atoms with Crippen molar-refractivity contribution >= 4 is 17.3 Å². The van der Waals surface area contributed by atoms with Crippen LogP contribution in [0.5, 0.6) is 0 Å². The molecule has 1 fully saturated rings. The summed E-state index contributed by atoms with van der Waals surface area (Å²) in [6.45, 7) is 4.29. The lowest BCUT2D eigenvalue weighted by atomic mass is 10.0. The zero-order chi connectivity index (χ0) is 13.0. The molecule has 1 atom stereocenters. The number of hydrogen-bond acceptors (Lipinski definition) is 2. The molecule has 1 heterocycles. The van der Waals surface area contributed by atoms with Crippen LogP contribution in [0.4, 0.5) is 5.69 Å². The first-order valence-electron chi connectivity index (χ1n) is 6.96. The van der Waals surface area contributed by atoms with Gasteiger partial charge in [-0.2, -0.15) is 0 Å². The molecule has 100 valence electrons. The Hall–Kier alpha value is -0.730. The Bertz CT molecular complexity index is 382. The van der Waals surface area contributed by atoms with Crippen LogP contribution in [0, 0.1) is 0 Å². The third-order valence-electron chi connectivity index (χ3n) is 3.53. The molecule has 1 aromatic rings. The van der Waals surface area contributed by atoms with Crippen molar-refractivity contribution in [2.75, 3.05) is 18.0 Å². The van der Waals surface area contributed by atoms with Crippen LogP contribution in [0.15, 0.2) is 18.2 Å². The van der Waals surface area contributed by atoms with Gasteiger partial charge < -0.3 is 10.6 Å². The molecule has 1 saturated heterocycles. The molecule has 0 aromatic heterocycles. The van der Waals surface area contributed by atoms with Crippen LogP contribution in [-0.2, 0) is 6.42 Å². The maximum Gasteiger partial charge on any atom is 0.0642 e. The maximum absolute atomic E-state index is 6.42. The van der Waals surface area contributed by atoms with Gasteiger partial charge in [-0.3, -0.25) is 0 Å². The summed E-state index contributed by atoms with van der Waals surface area (Å²) in [5, 5.41) is 0.870. The Morgan fingerprint density at radius 1 is 1.22 bits per heavy atom. The van der Waals surface area contributed by atoms with Gasteiger partial charge in [0.2, 0.25) is 0 Å². The van der Waals surface area contributed by atoms with E-state index >= 15 is 0 Å². The summed E-state index contributed by atoms with van der Waals surface area (Å²) in [5.74, 6) is 0. The van der Waals surface area contributed by atoms with E-state index in [0.717, 1.165) is 24.5 Å². The Kier molecular flexibility index (Phi) is 4.90. The van der Waals surface area contributed by atoms with Crippen molar-refractivity contribution in [3.05, 3.63) is 28.8 Å². The van der Waals surface area contributed by atoms with Crippen LogP contribution in [-0.4, -0.2) is 19.1 Å². The molecule has 2 N–H and O–H groups in total. The summed E-state index contributed by atoms with van der Waals surface area (Å²) in [5.41, 5.74) is 8.45. The van der Waals surface area contributed by atoms with Gasteiger partial charge in [0.15, 0.2) is 0 Å². The van der Waals surface area contributed by atoms with Crippen molar-refractivity contribution in [1.29, 1.82) is 0 Å². The molecule has 0 bridgehead atoms. The number of benzene rings is 1. The number of halogens is 1. The van der Waals surface area contributed by atoms with Gasteiger partial charge in [0, 0.05) is 19.1 Å². The number of para-hydroxylation sites is 1. The smallest absolute Gasteiger partial charge is 0.0642 e. The highest BCUT2D eigenvalue weighted by Gasteiger charge is 2.17. The Morgan fingerprint density at radius 3 is 2.50 bits per heavy atom. The van der Waals surface area contributed by atoms with Gasteiger partial charge in [-0.05, 0) is 37.8 Å². The predicted octanol–water partition coefficient (Wildman–Crippen LogP) is 3.61. The van der Waals surface area contributed by atoms with Crippen molar-refractivity contribution in [1.82, 2.24) is 0 Å². The third kappa shape index (κ3) is 3.39. The van der Waals surface area contributed by atoms with Crippen LogP contribution in [0.3, 0.4) is 0 Å². The largest absolute Gasteiger partial charge is 0.370 e. The zero-order valence-electron chi connectivity index (χ0n) is 11.2. The lowest BCUT2D eigenvalue weighted by Gasteiger charge is -2.27. The van der Waals surface area contributed by atoms with Crippen LogP contribution < -0.4 is 10.6 Å². The highest BCUT2D eigenvalue weighted by Crippen LogP contribution is 2.32. The Balaban J connectivity index is 2.28. The summed E-state index contributed by atoms with van der Waals surface area (Å²) < 4.78 is 0. The summed E-state index contributed by atoms with van der Waals surface area (Å²) in [6.07, 6.45) is 6.10. The second-order valence-corrected chi connectivity index (χ2v) is 5.74. The van der Waals surface area contributed by atoms with Crippen LogP contribution >= 0.6 is 11.6 Å². The lowest BCUT2D eigenvalue weighted by Crippen LogP contribution is -2.27. The molecular formula is C15H23ClN2. The number of rotatable bonds is 3. The topological polar surface area (TPSA) is 29.3 Å². The highest BCUT2D eigenvalue weighted by molar-refractivity contribution is 6.33. The molecule has 0 amide bonds. The average molecular weight is 267 g/mol.